The molecule has 0 spiro atoms. The van der Waals surface area contributed by atoms with E-state index in [4.69, 9.17) is 11.6 Å². The Kier molecular flexibility index (Phi) is 6.35. The van der Waals surface area contributed by atoms with Gasteiger partial charge in [0.25, 0.3) is 0 Å². The maximum absolute atomic E-state index is 13.2. The van der Waals surface area contributed by atoms with Crippen LogP contribution in [0.25, 0.3) is 10.9 Å². The number of carbonyl (C=O) groups is 1. The zero-order valence-electron chi connectivity index (χ0n) is 17.6. The Hall–Kier alpha value is -3.09. The number of hydrogen-bond donors (Lipinski definition) is 1. The van der Waals surface area contributed by atoms with E-state index in [2.05, 4.69) is 5.32 Å². The zero-order chi connectivity index (χ0) is 22.7. The van der Waals surface area contributed by atoms with E-state index in [0.717, 1.165) is 16.7 Å². The summed E-state index contributed by atoms with van der Waals surface area (Å²) in [5.41, 5.74) is 3.44. The number of hydrogen-bond acceptors (Lipinski definition) is 3. The highest BCUT2D eigenvalue weighted by Crippen LogP contribution is 2.28. The summed E-state index contributed by atoms with van der Waals surface area (Å²) in [4.78, 5) is 12.8. The number of halogens is 1. The van der Waals surface area contributed by atoms with Crippen LogP contribution in [0.4, 0.5) is 0 Å². The van der Waals surface area contributed by atoms with E-state index >= 15 is 0 Å². The SMILES string of the molecule is Cc1ccc(CS(=O)(=O)c2cn(CC(=O)NCc3ccc(Cl)cc3)c3ccccc23)cc1. The molecule has 32 heavy (non-hydrogen) atoms. The van der Waals surface area contributed by atoms with Gasteiger partial charge in [-0.2, -0.15) is 0 Å². The van der Waals surface area contributed by atoms with Crippen LogP contribution in [-0.2, 0) is 33.5 Å². The molecule has 0 bridgehead atoms. The summed E-state index contributed by atoms with van der Waals surface area (Å²) >= 11 is 5.89. The Bertz CT molecular complexity index is 1360. The van der Waals surface area contributed by atoms with Crippen molar-refractivity contribution in [1.29, 1.82) is 0 Å². The lowest BCUT2D eigenvalue weighted by molar-refractivity contribution is -0.121. The number of sulfone groups is 1. The highest BCUT2D eigenvalue weighted by atomic mass is 35.5. The highest BCUT2D eigenvalue weighted by Gasteiger charge is 2.22. The van der Waals surface area contributed by atoms with Gasteiger partial charge >= 0.3 is 0 Å². The lowest BCUT2D eigenvalue weighted by Crippen LogP contribution is -2.26. The molecule has 0 unspecified atom stereocenters. The monoisotopic (exact) mass is 466 g/mol. The molecule has 164 valence electrons. The number of nitrogens with one attached hydrogen (secondary N) is 1. The van der Waals surface area contributed by atoms with E-state index in [1.165, 1.54) is 0 Å². The van der Waals surface area contributed by atoms with Crippen LogP contribution in [0.3, 0.4) is 0 Å². The van der Waals surface area contributed by atoms with Crippen LogP contribution in [-0.4, -0.2) is 18.9 Å². The van der Waals surface area contributed by atoms with Gasteiger partial charge in [-0.05, 0) is 36.2 Å². The molecule has 0 fully saturated rings. The first-order valence-electron chi connectivity index (χ1n) is 10.2. The number of rotatable bonds is 7. The van der Waals surface area contributed by atoms with Crippen LogP contribution in [0.1, 0.15) is 16.7 Å². The number of carbonyl (C=O) groups excluding carboxylic acids is 1. The number of aryl methyl sites for hydroxylation is 1. The highest BCUT2D eigenvalue weighted by molar-refractivity contribution is 7.90. The third-order valence-corrected chi connectivity index (χ3v) is 7.24. The van der Waals surface area contributed by atoms with Gasteiger partial charge in [-0.15, -0.1) is 0 Å². The number of fused-ring (bicyclic) bond motifs is 1. The Balaban J connectivity index is 1.56. The van der Waals surface area contributed by atoms with Crippen molar-refractivity contribution in [2.24, 2.45) is 0 Å². The fraction of sp³-hybridized carbons (Fsp3) is 0.160. The Labute approximate surface area is 192 Å². The third kappa shape index (κ3) is 5.03. The quantitative estimate of drug-likeness (QED) is 0.421. The van der Waals surface area contributed by atoms with E-state index < -0.39 is 9.84 Å². The number of aromatic nitrogens is 1. The molecular formula is C25H23ClN2O3S. The maximum Gasteiger partial charge on any atom is 0.240 e. The normalized spacial score (nSPS) is 11.6. The molecule has 0 aliphatic carbocycles. The zero-order valence-corrected chi connectivity index (χ0v) is 19.2. The van der Waals surface area contributed by atoms with Crippen LogP contribution >= 0.6 is 11.6 Å². The summed E-state index contributed by atoms with van der Waals surface area (Å²) in [6.45, 7) is 2.35. The summed E-state index contributed by atoms with van der Waals surface area (Å²) in [5.74, 6) is -0.299. The van der Waals surface area contributed by atoms with Gasteiger partial charge in [0.05, 0.1) is 10.6 Å². The first-order valence-corrected chi connectivity index (χ1v) is 12.2. The van der Waals surface area contributed by atoms with Crippen molar-refractivity contribution in [2.45, 2.75) is 30.7 Å². The van der Waals surface area contributed by atoms with Gasteiger partial charge in [0.1, 0.15) is 6.54 Å². The first-order chi connectivity index (χ1) is 15.3. The molecule has 0 saturated heterocycles. The summed E-state index contributed by atoms with van der Waals surface area (Å²) in [6, 6.07) is 21.9. The molecule has 0 atom stereocenters. The molecule has 0 saturated carbocycles. The lowest BCUT2D eigenvalue weighted by atomic mass is 10.2. The summed E-state index contributed by atoms with van der Waals surface area (Å²) in [5, 5.41) is 4.13. The van der Waals surface area contributed by atoms with E-state index in [0.29, 0.717) is 22.5 Å². The third-order valence-electron chi connectivity index (χ3n) is 5.28. The molecule has 0 radical (unpaired) electrons. The van der Waals surface area contributed by atoms with Crippen molar-refractivity contribution < 1.29 is 13.2 Å². The van der Waals surface area contributed by atoms with Crippen molar-refractivity contribution >= 4 is 38.2 Å². The molecule has 3 aromatic carbocycles. The summed E-state index contributed by atoms with van der Waals surface area (Å²) in [7, 11) is -3.59. The maximum atomic E-state index is 13.2. The van der Waals surface area contributed by atoms with Crippen molar-refractivity contribution in [1.82, 2.24) is 9.88 Å². The van der Waals surface area contributed by atoms with Crippen LogP contribution in [0.15, 0.2) is 83.9 Å². The van der Waals surface area contributed by atoms with Gasteiger partial charge in [-0.3, -0.25) is 4.79 Å². The second-order valence-electron chi connectivity index (χ2n) is 7.79. The molecule has 5 nitrogen and oxygen atoms in total. The van der Waals surface area contributed by atoms with Gasteiger partial charge in [0, 0.05) is 28.7 Å². The van der Waals surface area contributed by atoms with Gasteiger partial charge in [-0.25, -0.2) is 8.42 Å². The van der Waals surface area contributed by atoms with Crippen molar-refractivity contribution in [3.05, 3.63) is 101 Å². The minimum atomic E-state index is -3.59. The summed E-state index contributed by atoms with van der Waals surface area (Å²) in [6.07, 6.45) is 1.57. The van der Waals surface area contributed by atoms with Crippen LogP contribution in [0.5, 0.6) is 0 Å². The number of nitrogens with zero attached hydrogens (tertiary/aromatic N) is 1. The predicted octanol–water partition coefficient (Wildman–Crippen LogP) is 4.89. The topological polar surface area (TPSA) is 68.2 Å². The molecule has 1 heterocycles. The Morgan fingerprint density at radius 2 is 1.59 bits per heavy atom. The standard InChI is InChI=1S/C25H23ClN2O3S/c1-18-6-8-20(9-7-18)17-32(30,31)24-15-28(23-5-3-2-4-22(23)24)16-25(29)27-14-19-10-12-21(26)13-11-19/h2-13,15H,14,16-17H2,1H3,(H,27,29). The second-order valence-corrected chi connectivity index (χ2v) is 10.2. The average Bonchev–Trinajstić information content (AvgIpc) is 3.14. The second kappa shape index (κ2) is 9.18. The largest absolute Gasteiger partial charge is 0.350 e. The van der Waals surface area contributed by atoms with E-state index in [-0.39, 0.29) is 23.1 Å². The molecule has 4 rings (SSSR count). The molecule has 1 aromatic heterocycles. The average molecular weight is 467 g/mol. The number of benzene rings is 3. The smallest absolute Gasteiger partial charge is 0.240 e. The molecule has 1 N–H and O–H groups in total. The minimum absolute atomic E-state index is 0.0220. The molecule has 0 aliphatic rings. The molecule has 0 aliphatic heterocycles. The van der Waals surface area contributed by atoms with Gasteiger partial charge < -0.3 is 9.88 Å². The van der Waals surface area contributed by atoms with Gasteiger partial charge in [0.2, 0.25) is 5.91 Å². The van der Waals surface area contributed by atoms with Crippen molar-refractivity contribution in [2.75, 3.05) is 0 Å². The van der Waals surface area contributed by atoms with Crippen LogP contribution < -0.4 is 5.32 Å². The molecule has 7 heteroatoms. The van der Waals surface area contributed by atoms with Crippen LogP contribution in [0, 0.1) is 6.92 Å². The fourth-order valence-electron chi connectivity index (χ4n) is 3.59. The Morgan fingerprint density at radius 3 is 2.31 bits per heavy atom. The lowest BCUT2D eigenvalue weighted by Gasteiger charge is -2.07. The predicted molar refractivity (Wildman–Crippen MR) is 127 cm³/mol. The number of para-hydroxylation sites is 1. The molecular weight excluding hydrogens is 444 g/mol. The van der Waals surface area contributed by atoms with E-state index in [1.807, 2.05) is 55.5 Å². The minimum Gasteiger partial charge on any atom is -0.350 e. The summed E-state index contributed by atoms with van der Waals surface area (Å²) < 4.78 is 28.1. The first kappa shape index (κ1) is 22.1. The fourth-order valence-corrected chi connectivity index (χ4v) is 5.30. The Morgan fingerprint density at radius 1 is 0.938 bits per heavy atom. The number of amides is 1. The van der Waals surface area contributed by atoms with Gasteiger partial charge in [-0.1, -0.05) is 71.8 Å². The van der Waals surface area contributed by atoms with E-state index in [1.54, 1.807) is 35.0 Å². The molecule has 1 amide bonds. The van der Waals surface area contributed by atoms with Crippen LogP contribution in [0.2, 0.25) is 5.02 Å². The van der Waals surface area contributed by atoms with Crippen molar-refractivity contribution in [3.63, 3.8) is 0 Å². The molecule has 4 aromatic rings. The van der Waals surface area contributed by atoms with Gasteiger partial charge in [0.15, 0.2) is 9.84 Å². The van der Waals surface area contributed by atoms with Crippen molar-refractivity contribution in [3.8, 4) is 0 Å². The van der Waals surface area contributed by atoms with E-state index in [9.17, 15) is 13.2 Å².